The fourth-order valence-electron chi connectivity index (χ4n) is 1.28. The van der Waals surface area contributed by atoms with Gasteiger partial charge in [-0.1, -0.05) is 11.6 Å². The average Bonchev–Trinajstić information content (AvgIpc) is 1.96. The first-order valence-electron chi connectivity index (χ1n) is 4.05. The van der Waals surface area contributed by atoms with Crippen molar-refractivity contribution in [3.8, 4) is 0 Å². The van der Waals surface area contributed by atoms with Crippen molar-refractivity contribution in [2.24, 2.45) is 0 Å². The van der Waals surface area contributed by atoms with Crippen molar-refractivity contribution in [1.29, 1.82) is 0 Å². The zero-order valence-corrected chi connectivity index (χ0v) is 8.70. The van der Waals surface area contributed by atoms with Gasteiger partial charge >= 0.3 is 0 Å². The van der Waals surface area contributed by atoms with Crippen LogP contribution in [0.25, 0.3) is 0 Å². The summed E-state index contributed by atoms with van der Waals surface area (Å²) in [5.41, 5.74) is 2.83. The second kappa shape index (κ2) is 3.79. The lowest BCUT2D eigenvalue weighted by Crippen LogP contribution is -2.08. The van der Waals surface area contributed by atoms with Gasteiger partial charge < -0.3 is 5.32 Å². The average molecular weight is 198 g/mol. The van der Waals surface area contributed by atoms with Gasteiger partial charge in [-0.25, -0.2) is 0 Å². The number of halogens is 1. The summed E-state index contributed by atoms with van der Waals surface area (Å²) in [4.78, 5) is 10.9. The molecule has 0 radical (unpaired) electrons. The van der Waals surface area contributed by atoms with E-state index in [9.17, 15) is 4.79 Å². The van der Waals surface area contributed by atoms with Gasteiger partial charge in [0, 0.05) is 17.6 Å². The Balaban J connectivity index is 3.13. The van der Waals surface area contributed by atoms with Crippen LogP contribution < -0.4 is 5.32 Å². The number of carbonyl (C=O) groups excluding carboxylic acids is 1. The number of hydrogen-bond acceptors (Lipinski definition) is 1. The number of aryl methyl sites for hydroxylation is 2. The fourth-order valence-corrected chi connectivity index (χ4v) is 1.61. The molecule has 0 atom stereocenters. The van der Waals surface area contributed by atoms with Crippen LogP contribution in [0.2, 0.25) is 5.02 Å². The van der Waals surface area contributed by atoms with Gasteiger partial charge in [-0.15, -0.1) is 0 Å². The van der Waals surface area contributed by atoms with E-state index >= 15 is 0 Å². The minimum absolute atomic E-state index is 0.0616. The molecule has 0 fully saturated rings. The van der Waals surface area contributed by atoms with E-state index in [1.165, 1.54) is 6.92 Å². The Labute approximate surface area is 82.9 Å². The Hall–Kier alpha value is -1.02. The molecule has 0 aliphatic heterocycles. The van der Waals surface area contributed by atoms with Gasteiger partial charge in [-0.05, 0) is 37.1 Å². The smallest absolute Gasteiger partial charge is 0.221 e. The van der Waals surface area contributed by atoms with Gasteiger partial charge in [-0.2, -0.15) is 0 Å². The predicted molar refractivity (Wildman–Crippen MR) is 55.2 cm³/mol. The lowest BCUT2D eigenvalue weighted by molar-refractivity contribution is -0.114. The maximum absolute atomic E-state index is 10.9. The molecule has 0 saturated carbocycles. The highest BCUT2D eigenvalue weighted by Gasteiger charge is 2.04. The zero-order valence-electron chi connectivity index (χ0n) is 7.94. The summed E-state index contributed by atoms with van der Waals surface area (Å²) in [6.45, 7) is 5.34. The molecule has 1 rings (SSSR count). The van der Waals surface area contributed by atoms with E-state index in [1.807, 2.05) is 26.0 Å². The number of benzene rings is 1. The third-order valence-corrected chi connectivity index (χ3v) is 2.02. The van der Waals surface area contributed by atoms with Crippen LogP contribution in [0.1, 0.15) is 18.1 Å². The molecule has 0 unspecified atom stereocenters. The summed E-state index contributed by atoms with van der Waals surface area (Å²) < 4.78 is 0. The molecule has 1 amide bonds. The summed E-state index contributed by atoms with van der Waals surface area (Å²) in [5, 5.41) is 3.47. The summed E-state index contributed by atoms with van der Waals surface area (Å²) in [6.07, 6.45) is 0. The topological polar surface area (TPSA) is 29.1 Å². The van der Waals surface area contributed by atoms with Crippen LogP contribution in [0, 0.1) is 13.8 Å². The van der Waals surface area contributed by atoms with E-state index < -0.39 is 0 Å². The zero-order chi connectivity index (χ0) is 10.0. The van der Waals surface area contributed by atoms with Gasteiger partial charge in [0.15, 0.2) is 0 Å². The number of carbonyl (C=O) groups is 1. The molecule has 1 aromatic carbocycles. The molecule has 0 aliphatic carbocycles. The lowest BCUT2D eigenvalue weighted by Gasteiger charge is -2.10. The van der Waals surface area contributed by atoms with E-state index in [0.717, 1.165) is 16.8 Å². The Morgan fingerprint density at radius 1 is 1.31 bits per heavy atom. The van der Waals surface area contributed by atoms with Crippen LogP contribution in [-0.2, 0) is 4.79 Å². The largest absolute Gasteiger partial charge is 0.326 e. The van der Waals surface area contributed by atoms with Gasteiger partial charge in [0.1, 0.15) is 0 Å². The molecular weight excluding hydrogens is 186 g/mol. The summed E-state index contributed by atoms with van der Waals surface area (Å²) in [6, 6.07) is 3.67. The van der Waals surface area contributed by atoms with Gasteiger partial charge in [0.25, 0.3) is 0 Å². The molecule has 1 aromatic rings. The Kier molecular flexibility index (Phi) is 2.94. The number of amides is 1. The van der Waals surface area contributed by atoms with Crippen LogP contribution in [0.5, 0.6) is 0 Å². The highest BCUT2D eigenvalue weighted by molar-refractivity contribution is 6.30. The van der Waals surface area contributed by atoms with E-state index in [4.69, 9.17) is 11.6 Å². The Morgan fingerprint density at radius 3 is 2.15 bits per heavy atom. The first-order chi connectivity index (χ1) is 6.00. The van der Waals surface area contributed by atoms with Crippen LogP contribution in [0.3, 0.4) is 0 Å². The molecule has 0 saturated heterocycles. The highest BCUT2D eigenvalue weighted by atomic mass is 35.5. The summed E-state index contributed by atoms with van der Waals surface area (Å²) >= 11 is 5.85. The van der Waals surface area contributed by atoms with Crippen molar-refractivity contribution in [1.82, 2.24) is 0 Å². The second-order valence-corrected chi connectivity index (χ2v) is 3.53. The van der Waals surface area contributed by atoms with Gasteiger partial charge in [0.05, 0.1) is 0 Å². The van der Waals surface area contributed by atoms with Crippen molar-refractivity contribution in [2.75, 3.05) is 5.32 Å². The monoisotopic (exact) mass is 197 g/mol. The maximum atomic E-state index is 10.9. The minimum atomic E-state index is -0.0616. The molecular formula is C10H12ClNO. The van der Waals surface area contributed by atoms with E-state index in [1.54, 1.807) is 0 Å². The third-order valence-electron chi connectivity index (χ3n) is 1.80. The number of hydrogen-bond donors (Lipinski definition) is 1. The molecule has 13 heavy (non-hydrogen) atoms. The molecule has 0 spiro atoms. The van der Waals surface area contributed by atoms with Crippen LogP contribution in [0.15, 0.2) is 12.1 Å². The van der Waals surface area contributed by atoms with Crippen molar-refractivity contribution in [2.45, 2.75) is 20.8 Å². The summed E-state index contributed by atoms with van der Waals surface area (Å²) in [5.74, 6) is -0.0616. The van der Waals surface area contributed by atoms with Crippen molar-refractivity contribution in [3.05, 3.63) is 28.3 Å². The third kappa shape index (κ3) is 2.46. The molecule has 70 valence electrons. The van der Waals surface area contributed by atoms with Crippen LogP contribution in [-0.4, -0.2) is 5.91 Å². The van der Waals surface area contributed by atoms with E-state index in [0.29, 0.717) is 5.02 Å². The van der Waals surface area contributed by atoms with E-state index in [2.05, 4.69) is 5.32 Å². The SMILES string of the molecule is CC(=O)Nc1c(C)cc(Cl)cc1C. The van der Waals surface area contributed by atoms with Crippen molar-refractivity contribution in [3.63, 3.8) is 0 Å². The van der Waals surface area contributed by atoms with E-state index in [-0.39, 0.29) is 5.91 Å². The first kappa shape index (κ1) is 10.1. The van der Waals surface area contributed by atoms with Crippen molar-refractivity contribution >= 4 is 23.2 Å². The number of nitrogens with one attached hydrogen (secondary N) is 1. The van der Waals surface area contributed by atoms with Crippen LogP contribution >= 0.6 is 11.6 Å². The van der Waals surface area contributed by atoms with Crippen LogP contribution in [0.4, 0.5) is 5.69 Å². The molecule has 0 bridgehead atoms. The lowest BCUT2D eigenvalue weighted by atomic mass is 10.1. The predicted octanol–water partition coefficient (Wildman–Crippen LogP) is 2.92. The summed E-state index contributed by atoms with van der Waals surface area (Å²) in [7, 11) is 0. The maximum Gasteiger partial charge on any atom is 0.221 e. The molecule has 2 nitrogen and oxygen atoms in total. The number of anilines is 1. The van der Waals surface area contributed by atoms with Crippen molar-refractivity contribution < 1.29 is 4.79 Å². The fraction of sp³-hybridized carbons (Fsp3) is 0.300. The minimum Gasteiger partial charge on any atom is -0.326 e. The highest BCUT2D eigenvalue weighted by Crippen LogP contribution is 2.24. The molecule has 0 aliphatic rings. The Morgan fingerprint density at radius 2 is 1.77 bits per heavy atom. The number of rotatable bonds is 1. The molecule has 3 heteroatoms. The molecule has 0 heterocycles. The van der Waals surface area contributed by atoms with Gasteiger partial charge in [-0.3, -0.25) is 4.79 Å². The first-order valence-corrected chi connectivity index (χ1v) is 4.43. The Bertz CT molecular complexity index is 324. The molecule has 1 N–H and O–H groups in total. The second-order valence-electron chi connectivity index (χ2n) is 3.10. The molecule has 0 aromatic heterocycles. The standard InChI is InChI=1S/C10H12ClNO/c1-6-4-9(11)5-7(2)10(6)12-8(3)13/h4-5H,1-3H3,(H,12,13). The quantitative estimate of drug-likeness (QED) is 0.737. The normalized spacial score (nSPS) is 9.85. The van der Waals surface area contributed by atoms with Gasteiger partial charge in [0.2, 0.25) is 5.91 Å².